The van der Waals surface area contributed by atoms with Crippen molar-refractivity contribution in [2.75, 3.05) is 5.32 Å². The molecular formula is C14H10BrClFNO. The van der Waals surface area contributed by atoms with Gasteiger partial charge in [-0.3, -0.25) is 4.79 Å². The molecule has 0 aliphatic heterocycles. The van der Waals surface area contributed by atoms with Gasteiger partial charge in [0.25, 0.3) is 5.91 Å². The quantitative estimate of drug-likeness (QED) is 0.834. The maximum Gasteiger partial charge on any atom is 0.257 e. The minimum atomic E-state index is -0.472. The van der Waals surface area contributed by atoms with Gasteiger partial charge in [-0.2, -0.15) is 0 Å². The van der Waals surface area contributed by atoms with Gasteiger partial charge in [-0.15, -0.1) is 0 Å². The van der Waals surface area contributed by atoms with Crippen LogP contribution in [0.15, 0.2) is 40.9 Å². The van der Waals surface area contributed by atoms with Crippen molar-refractivity contribution in [3.63, 3.8) is 0 Å². The van der Waals surface area contributed by atoms with Crippen LogP contribution in [0.1, 0.15) is 15.9 Å². The number of hydrogen-bond donors (Lipinski definition) is 1. The standard InChI is InChI=1S/C14H10BrClFNO/c1-8-2-3-9(15)6-13(8)18-14(19)11-5-4-10(17)7-12(11)16/h2-7H,1H3,(H,18,19). The topological polar surface area (TPSA) is 29.1 Å². The molecule has 1 N–H and O–H groups in total. The van der Waals surface area contributed by atoms with Gasteiger partial charge >= 0.3 is 0 Å². The predicted molar refractivity (Wildman–Crippen MR) is 78.2 cm³/mol. The summed E-state index contributed by atoms with van der Waals surface area (Å²) in [6.07, 6.45) is 0. The molecule has 0 fully saturated rings. The summed E-state index contributed by atoms with van der Waals surface area (Å²) in [5.41, 5.74) is 1.84. The van der Waals surface area contributed by atoms with Crippen molar-refractivity contribution in [3.8, 4) is 0 Å². The molecule has 98 valence electrons. The average Bonchev–Trinajstić information content (AvgIpc) is 2.33. The highest BCUT2D eigenvalue weighted by Gasteiger charge is 2.12. The number of nitrogens with one attached hydrogen (secondary N) is 1. The van der Waals surface area contributed by atoms with E-state index in [4.69, 9.17) is 11.6 Å². The number of anilines is 1. The van der Waals surface area contributed by atoms with Crippen molar-refractivity contribution >= 4 is 39.1 Å². The van der Waals surface area contributed by atoms with E-state index in [0.29, 0.717) is 5.69 Å². The van der Waals surface area contributed by atoms with E-state index in [0.717, 1.165) is 16.1 Å². The van der Waals surface area contributed by atoms with Crippen molar-refractivity contribution in [1.29, 1.82) is 0 Å². The first-order chi connectivity index (χ1) is 8.97. The molecule has 0 bridgehead atoms. The van der Waals surface area contributed by atoms with Crippen LogP contribution in [0.3, 0.4) is 0 Å². The van der Waals surface area contributed by atoms with Gasteiger partial charge in [0.2, 0.25) is 0 Å². The second-order valence-corrected chi connectivity index (χ2v) is 5.36. The van der Waals surface area contributed by atoms with Crippen molar-refractivity contribution in [3.05, 3.63) is 62.8 Å². The molecule has 0 radical (unpaired) electrons. The molecule has 0 saturated heterocycles. The fourth-order valence-electron chi connectivity index (χ4n) is 1.59. The average molecular weight is 343 g/mol. The van der Waals surface area contributed by atoms with Crippen LogP contribution in [0.2, 0.25) is 5.02 Å². The first kappa shape index (κ1) is 14.0. The van der Waals surface area contributed by atoms with Crippen LogP contribution in [0.25, 0.3) is 0 Å². The SMILES string of the molecule is Cc1ccc(Br)cc1NC(=O)c1ccc(F)cc1Cl. The molecule has 0 aliphatic rings. The zero-order valence-corrected chi connectivity index (χ0v) is 12.3. The summed E-state index contributed by atoms with van der Waals surface area (Å²) in [5, 5.41) is 2.84. The first-order valence-electron chi connectivity index (χ1n) is 5.50. The molecule has 0 saturated carbocycles. The molecule has 2 rings (SSSR count). The second kappa shape index (κ2) is 5.72. The van der Waals surface area contributed by atoms with Gasteiger partial charge in [0.1, 0.15) is 5.82 Å². The van der Waals surface area contributed by atoms with Gasteiger partial charge < -0.3 is 5.32 Å². The van der Waals surface area contributed by atoms with E-state index in [9.17, 15) is 9.18 Å². The second-order valence-electron chi connectivity index (χ2n) is 4.04. The van der Waals surface area contributed by atoms with Gasteiger partial charge in [-0.25, -0.2) is 4.39 Å². The highest BCUT2D eigenvalue weighted by atomic mass is 79.9. The van der Waals surface area contributed by atoms with E-state index in [-0.39, 0.29) is 16.5 Å². The number of rotatable bonds is 2. The molecule has 0 aliphatic carbocycles. The third-order valence-electron chi connectivity index (χ3n) is 2.62. The third kappa shape index (κ3) is 3.33. The lowest BCUT2D eigenvalue weighted by atomic mass is 10.1. The Kier molecular flexibility index (Phi) is 4.22. The Labute approximate surface area is 123 Å². The zero-order chi connectivity index (χ0) is 14.0. The molecule has 0 unspecified atom stereocenters. The Bertz CT molecular complexity index is 645. The molecule has 19 heavy (non-hydrogen) atoms. The largest absolute Gasteiger partial charge is 0.322 e. The lowest BCUT2D eigenvalue weighted by molar-refractivity contribution is 0.102. The van der Waals surface area contributed by atoms with Crippen LogP contribution in [0.4, 0.5) is 10.1 Å². The van der Waals surface area contributed by atoms with E-state index in [1.165, 1.54) is 12.1 Å². The van der Waals surface area contributed by atoms with Gasteiger partial charge in [0.15, 0.2) is 0 Å². The number of carbonyl (C=O) groups excluding carboxylic acids is 1. The Morgan fingerprint density at radius 1 is 1.26 bits per heavy atom. The van der Waals surface area contributed by atoms with Crippen LogP contribution in [-0.4, -0.2) is 5.91 Å². The van der Waals surface area contributed by atoms with Crippen molar-refractivity contribution < 1.29 is 9.18 Å². The minimum absolute atomic E-state index is 0.0881. The Morgan fingerprint density at radius 3 is 2.68 bits per heavy atom. The van der Waals surface area contributed by atoms with Crippen molar-refractivity contribution in [2.45, 2.75) is 6.92 Å². The summed E-state index contributed by atoms with van der Waals surface area (Å²) >= 11 is 9.19. The van der Waals surface area contributed by atoms with Gasteiger partial charge in [0, 0.05) is 10.2 Å². The molecule has 2 nitrogen and oxygen atoms in total. The molecule has 0 aromatic heterocycles. The van der Waals surface area contributed by atoms with Crippen LogP contribution in [-0.2, 0) is 0 Å². The Hall–Kier alpha value is -1.39. The molecule has 1 amide bonds. The van der Waals surface area contributed by atoms with Crippen LogP contribution in [0, 0.1) is 12.7 Å². The zero-order valence-electron chi connectivity index (χ0n) is 10.0. The number of halogens is 3. The van der Waals surface area contributed by atoms with Crippen molar-refractivity contribution in [2.24, 2.45) is 0 Å². The van der Waals surface area contributed by atoms with E-state index in [1.807, 2.05) is 19.1 Å². The number of benzene rings is 2. The van der Waals surface area contributed by atoms with Gasteiger partial charge in [-0.1, -0.05) is 33.6 Å². The Morgan fingerprint density at radius 2 is 2.00 bits per heavy atom. The fraction of sp³-hybridized carbons (Fsp3) is 0.0714. The molecule has 0 atom stereocenters. The smallest absolute Gasteiger partial charge is 0.257 e. The first-order valence-corrected chi connectivity index (χ1v) is 6.67. The highest BCUT2D eigenvalue weighted by Crippen LogP contribution is 2.23. The number of aryl methyl sites for hydroxylation is 1. The van der Waals surface area contributed by atoms with E-state index < -0.39 is 5.82 Å². The fourth-order valence-corrected chi connectivity index (χ4v) is 2.21. The summed E-state index contributed by atoms with van der Waals surface area (Å²) in [6.45, 7) is 1.88. The predicted octanol–water partition coefficient (Wildman–Crippen LogP) is 4.80. The van der Waals surface area contributed by atoms with Crippen LogP contribution < -0.4 is 5.32 Å². The van der Waals surface area contributed by atoms with Gasteiger partial charge in [-0.05, 0) is 42.8 Å². The highest BCUT2D eigenvalue weighted by molar-refractivity contribution is 9.10. The summed E-state index contributed by atoms with van der Waals surface area (Å²) < 4.78 is 13.8. The maximum absolute atomic E-state index is 12.9. The Balaban J connectivity index is 2.28. The molecule has 5 heteroatoms. The number of amides is 1. The number of hydrogen-bond acceptors (Lipinski definition) is 1. The monoisotopic (exact) mass is 341 g/mol. The maximum atomic E-state index is 12.9. The summed E-state index contributed by atoms with van der Waals surface area (Å²) in [6, 6.07) is 9.24. The van der Waals surface area contributed by atoms with E-state index >= 15 is 0 Å². The molecule has 0 heterocycles. The normalized spacial score (nSPS) is 10.3. The summed E-state index contributed by atoms with van der Waals surface area (Å²) in [4.78, 5) is 12.1. The van der Waals surface area contributed by atoms with E-state index in [1.54, 1.807) is 6.07 Å². The van der Waals surface area contributed by atoms with Crippen molar-refractivity contribution in [1.82, 2.24) is 0 Å². The van der Waals surface area contributed by atoms with Gasteiger partial charge in [0.05, 0.1) is 10.6 Å². The van der Waals surface area contributed by atoms with E-state index in [2.05, 4.69) is 21.2 Å². The molecule has 2 aromatic carbocycles. The summed E-state index contributed by atoms with van der Waals surface area (Å²) in [5.74, 6) is -0.841. The lowest BCUT2D eigenvalue weighted by Crippen LogP contribution is -2.13. The molecule has 2 aromatic rings. The third-order valence-corrected chi connectivity index (χ3v) is 3.43. The van der Waals surface area contributed by atoms with Crippen LogP contribution >= 0.6 is 27.5 Å². The number of carbonyl (C=O) groups is 1. The lowest BCUT2D eigenvalue weighted by Gasteiger charge is -2.10. The summed E-state index contributed by atoms with van der Waals surface area (Å²) in [7, 11) is 0. The molecular weight excluding hydrogens is 333 g/mol. The van der Waals surface area contributed by atoms with Crippen LogP contribution in [0.5, 0.6) is 0 Å². The molecule has 0 spiro atoms. The minimum Gasteiger partial charge on any atom is -0.322 e.